The van der Waals surface area contributed by atoms with Crippen molar-refractivity contribution < 1.29 is 66.9 Å². The summed E-state index contributed by atoms with van der Waals surface area (Å²) >= 11 is 0. The molecule has 106 heavy (non-hydrogen) atoms. The zero-order valence-electron chi connectivity index (χ0n) is 70.6. The zero-order chi connectivity index (χ0) is 77.3. The maximum atomic E-state index is 14.7. The highest BCUT2D eigenvalue weighted by Gasteiger charge is 2.33. The first-order valence-electron chi connectivity index (χ1n) is 45.2. The number of esters is 3. The lowest BCUT2D eigenvalue weighted by atomic mass is 9.91. The fourth-order valence-corrected chi connectivity index (χ4v) is 13.4. The summed E-state index contributed by atoms with van der Waals surface area (Å²) in [5.41, 5.74) is 0. The quantitative estimate of drug-likeness (QED) is 0.0200. The minimum absolute atomic E-state index is 0.0101. The standard InChI is InChI=1S/C90H172N2O14/c1-9-17-23-29-32-33-34-35-36-37-38-39-40-43-54-65-85(94)103-79-82(81-105-90(97)102-78-62-71-91(15-7)16-8)80-104-86(95)67-68-88(100-76-60-50-31-25-19-11-3)106-84(64-53-42-26-20-12-4)83(89(96)101-77-61-51-41-30-24-18-10-2)63-52-44-46-56-69-92(72-73-93)70-57-47-45-55-66-87(98-74-58-48-27-21-13-5)99-75-59-49-28-22-14-6/h32-33,35-36,82-84,87-88,93H,9-31,34,37-81H2,1-8H3/b33-32-,36-35-. The van der Waals surface area contributed by atoms with Gasteiger partial charge in [-0.25, -0.2) is 4.79 Å². The van der Waals surface area contributed by atoms with E-state index in [1.54, 1.807) is 0 Å². The first kappa shape index (κ1) is 103. The average molecular weight is 1510 g/mol. The van der Waals surface area contributed by atoms with Crippen LogP contribution in [-0.4, -0.2) is 156 Å². The summed E-state index contributed by atoms with van der Waals surface area (Å²) in [6, 6.07) is 0. The second-order valence-corrected chi connectivity index (χ2v) is 30.4. The number of nitrogens with zero attached hydrogens (tertiary/aromatic N) is 2. The monoisotopic (exact) mass is 1510 g/mol. The number of unbranched alkanes of at least 4 members (excludes halogenated alkanes) is 37. The second kappa shape index (κ2) is 82.8. The molecule has 0 aliphatic heterocycles. The van der Waals surface area contributed by atoms with Crippen LogP contribution in [0.2, 0.25) is 0 Å². The molecule has 0 saturated carbocycles. The van der Waals surface area contributed by atoms with Gasteiger partial charge in [0.2, 0.25) is 0 Å². The van der Waals surface area contributed by atoms with Gasteiger partial charge in [0.15, 0.2) is 12.6 Å². The molecular weight excluding hydrogens is 1330 g/mol. The van der Waals surface area contributed by atoms with Gasteiger partial charge in [0.25, 0.3) is 0 Å². The van der Waals surface area contributed by atoms with E-state index in [0.717, 1.165) is 239 Å². The number of aliphatic hydroxyl groups is 1. The third kappa shape index (κ3) is 70.0. The van der Waals surface area contributed by atoms with Crippen LogP contribution in [0.25, 0.3) is 0 Å². The van der Waals surface area contributed by atoms with Gasteiger partial charge in [-0.15, -0.1) is 0 Å². The zero-order valence-corrected chi connectivity index (χ0v) is 70.6. The molecule has 0 aromatic heterocycles. The summed E-state index contributed by atoms with van der Waals surface area (Å²) in [4.78, 5) is 59.3. The maximum Gasteiger partial charge on any atom is 0.508 e. The molecule has 0 rings (SSSR count). The number of aliphatic hydroxyl groups excluding tert-OH is 1. The molecular formula is C90H172N2O14. The van der Waals surface area contributed by atoms with Crippen molar-refractivity contribution in [1.82, 2.24) is 9.80 Å². The van der Waals surface area contributed by atoms with E-state index in [-0.39, 0.29) is 70.5 Å². The van der Waals surface area contributed by atoms with Crippen LogP contribution in [0.3, 0.4) is 0 Å². The Labute approximate surface area is 653 Å². The van der Waals surface area contributed by atoms with Gasteiger partial charge in [0.05, 0.1) is 44.2 Å². The summed E-state index contributed by atoms with van der Waals surface area (Å²) < 4.78 is 55.2. The molecule has 16 heteroatoms. The normalized spacial score (nSPS) is 13.1. The fourth-order valence-electron chi connectivity index (χ4n) is 13.4. The fraction of sp³-hybridized carbons (Fsp3) is 0.911. The van der Waals surface area contributed by atoms with Gasteiger partial charge in [0.1, 0.15) is 19.8 Å². The molecule has 0 saturated heterocycles. The molecule has 0 radical (unpaired) electrons. The summed E-state index contributed by atoms with van der Waals surface area (Å²) in [5.74, 6) is -2.13. The predicted octanol–water partition coefficient (Wildman–Crippen LogP) is 24.0. The smallest absolute Gasteiger partial charge is 0.465 e. The van der Waals surface area contributed by atoms with Crippen molar-refractivity contribution in [3.63, 3.8) is 0 Å². The van der Waals surface area contributed by atoms with Gasteiger partial charge in [-0.2, -0.15) is 0 Å². The molecule has 0 bridgehead atoms. The Morgan fingerprint density at radius 1 is 0.330 bits per heavy atom. The van der Waals surface area contributed by atoms with Gasteiger partial charge >= 0.3 is 24.1 Å². The van der Waals surface area contributed by atoms with Crippen molar-refractivity contribution in [1.29, 1.82) is 0 Å². The highest BCUT2D eigenvalue weighted by atomic mass is 16.7. The van der Waals surface area contributed by atoms with E-state index >= 15 is 0 Å². The van der Waals surface area contributed by atoms with E-state index in [2.05, 4.69) is 89.5 Å². The lowest BCUT2D eigenvalue weighted by molar-refractivity contribution is -0.198. The van der Waals surface area contributed by atoms with Crippen LogP contribution in [0.5, 0.6) is 0 Å². The van der Waals surface area contributed by atoms with Crippen molar-refractivity contribution in [3.05, 3.63) is 24.3 Å². The van der Waals surface area contributed by atoms with Gasteiger partial charge < -0.3 is 57.5 Å². The number of carbonyl (C=O) groups is 4. The van der Waals surface area contributed by atoms with Crippen LogP contribution >= 0.6 is 0 Å². The lowest BCUT2D eigenvalue weighted by Gasteiger charge is -2.30. The van der Waals surface area contributed by atoms with Crippen LogP contribution in [0.4, 0.5) is 4.79 Å². The Bertz CT molecular complexity index is 1910. The summed E-state index contributed by atoms with van der Waals surface area (Å²) in [5, 5.41) is 10.1. The van der Waals surface area contributed by atoms with E-state index in [9.17, 15) is 24.3 Å². The summed E-state index contributed by atoms with van der Waals surface area (Å²) in [7, 11) is 0. The van der Waals surface area contributed by atoms with Gasteiger partial charge in [-0.1, -0.05) is 298 Å². The van der Waals surface area contributed by atoms with Crippen LogP contribution in [0, 0.1) is 11.8 Å². The van der Waals surface area contributed by atoms with E-state index in [1.165, 1.54) is 116 Å². The van der Waals surface area contributed by atoms with Crippen molar-refractivity contribution in [3.8, 4) is 0 Å². The molecule has 0 heterocycles. The Hall–Kier alpha value is -3.12. The van der Waals surface area contributed by atoms with Crippen LogP contribution in [-0.2, 0) is 57.0 Å². The number of hydrogen-bond donors (Lipinski definition) is 1. The molecule has 16 nitrogen and oxygen atoms in total. The molecule has 4 unspecified atom stereocenters. The SMILES string of the molecule is CCCCC/C=C\C/C=C\CCCCCCCC(=O)OCC(COC(=O)CCC(OCCCCCCCC)OC(CCCCCCC)C(CCCCCCN(CCO)CCCCCCC(OCCCCCCC)OCCCCCCC)C(=O)OCCCCCCCCC)COC(=O)OCCCN(CC)CC. The van der Waals surface area contributed by atoms with Gasteiger partial charge in [0, 0.05) is 45.8 Å². The van der Waals surface area contributed by atoms with Gasteiger partial charge in [-0.3, -0.25) is 14.4 Å². The molecule has 0 aliphatic carbocycles. The Kier molecular flexibility index (Phi) is 80.4. The number of hydrogen-bond acceptors (Lipinski definition) is 16. The minimum atomic E-state index is -0.813. The first-order valence-corrected chi connectivity index (χ1v) is 45.2. The molecule has 0 fully saturated rings. The maximum absolute atomic E-state index is 14.7. The minimum Gasteiger partial charge on any atom is -0.465 e. The largest absolute Gasteiger partial charge is 0.508 e. The molecule has 4 atom stereocenters. The van der Waals surface area contributed by atoms with E-state index in [0.29, 0.717) is 39.0 Å². The average Bonchev–Trinajstić information content (AvgIpc) is 0.869. The van der Waals surface area contributed by atoms with Crippen LogP contribution in [0.1, 0.15) is 402 Å². The van der Waals surface area contributed by atoms with E-state index in [4.69, 9.17) is 42.6 Å². The van der Waals surface area contributed by atoms with Gasteiger partial charge in [-0.05, 0) is 135 Å². The molecule has 626 valence electrons. The van der Waals surface area contributed by atoms with E-state index < -0.39 is 36.4 Å². The number of ether oxygens (including phenoxy) is 9. The van der Waals surface area contributed by atoms with Crippen molar-refractivity contribution in [2.75, 3.05) is 98.7 Å². The van der Waals surface area contributed by atoms with Crippen molar-refractivity contribution in [2.24, 2.45) is 11.8 Å². The number of allylic oxidation sites excluding steroid dienone is 4. The molecule has 0 aliphatic rings. The number of rotatable bonds is 85. The summed E-state index contributed by atoms with van der Waals surface area (Å²) in [6.45, 7) is 25.2. The lowest BCUT2D eigenvalue weighted by Crippen LogP contribution is -2.37. The molecule has 0 aromatic carbocycles. The predicted molar refractivity (Wildman–Crippen MR) is 440 cm³/mol. The molecule has 0 amide bonds. The Morgan fingerprint density at radius 2 is 0.726 bits per heavy atom. The highest BCUT2D eigenvalue weighted by Crippen LogP contribution is 2.28. The van der Waals surface area contributed by atoms with E-state index in [1.807, 2.05) is 0 Å². The molecule has 1 N–H and O–H groups in total. The number of carbonyl (C=O) groups excluding carboxylic acids is 4. The molecule has 0 aromatic rings. The Morgan fingerprint density at radius 3 is 1.25 bits per heavy atom. The Balaban J connectivity index is 6.29. The van der Waals surface area contributed by atoms with Crippen molar-refractivity contribution in [2.45, 2.75) is 421 Å². The third-order valence-electron chi connectivity index (χ3n) is 20.4. The van der Waals surface area contributed by atoms with Crippen LogP contribution in [0.15, 0.2) is 24.3 Å². The second-order valence-electron chi connectivity index (χ2n) is 30.4. The third-order valence-corrected chi connectivity index (χ3v) is 20.4. The highest BCUT2D eigenvalue weighted by molar-refractivity contribution is 5.73. The van der Waals surface area contributed by atoms with Crippen molar-refractivity contribution >= 4 is 24.1 Å². The summed E-state index contributed by atoms with van der Waals surface area (Å²) in [6.07, 6.45) is 62.6. The van der Waals surface area contributed by atoms with Crippen LogP contribution < -0.4 is 0 Å². The topological polar surface area (TPSA) is 178 Å². The first-order chi connectivity index (χ1) is 52.0. The molecule has 0 spiro atoms.